The molecular formula is C19H21N3O2S. The van der Waals surface area contributed by atoms with E-state index in [2.05, 4.69) is 24.1 Å². The molecule has 6 heteroatoms. The minimum atomic E-state index is -0.208. The van der Waals surface area contributed by atoms with E-state index in [0.717, 1.165) is 5.69 Å². The number of nitrogens with one attached hydrogen (secondary N) is 1. The zero-order chi connectivity index (χ0) is 18.1. The van der Waals surface area contributed by atoms with E-state index in [-0.39, 0.29) is 11.5 Å². The molecule has 0 aliphatic rings. The average Bonchev–Trinajstić information content (AvgIpc) is 2.93. The Kier molecular flexibility index (Phi) is 4.72. The number of carbonyl (C=O) groups is 1. The molecule has 25 heavy (non-hydrogen) atoms. The van der Waals surface area contributed by atoms with Crippen molar-refractivity contribution in [2.75, 3.05) is 5.32 Å². The monoisotopic (exact) mass is 355 g/mol. The first-order chi connectivity index (χ1) is 11.9. The third kappa shape index (κ3) is 3.22. The van der Waals surface area contributed by atoms with Crippen LogP contribution in [0.2, 0.25) is 0 Å². The summed E-state index contributed by atoms with van der Waals surface area (Å²) in [4.78, 5) is 30.6. The van der Waals surface area contributed by atoms with Crippen molar-refractivity contribution in [2.45, 2.75) is 40.2 Å². The van der Waals surface area contributed by atoms with Gasteiger partial charge < -0.3 is 5.32 Å². The topological polar surface area (TPSA) is 64.0 Å². The second-order valence-electron chi connectivity index (χ2n) is 6.30. The first kappa shape index (κ1) is 17.4. The molecule has 130 valence electrons. The van der Waals surface area contributed by atoms with E-state index in [1.807, 2.05) is 31.2 Å². The van der Waals surface area contributed by atoms with Crippen molar-refractivity contribution in [3.05, 3.63) is 57.0 Å². The molecule has 2 aromatic heterocycles. The molecule has 0 aliphatic heterocycles. The van der Waals surface area contributed by atoms with Gasteiger partial charge in [-0.25, -0.2) is 4.98 Å². The van der Waals surface area contributed by atoms with Crippen LogP contribution in [0.4, 0.5) is 5.69 Å². The van der Waals surface area contributed by atoms with Crippen LogP contribution in [0.25, 0.3) is 10.2 Å². The van der Waals surface area contributed by atoms with Crippen LogP contribution in [0.5, 0.6) is 0 Å². The van der Waals surface area contributed by atoms with Crippen molar-refractivity contribution >= 4 is 33.1 Å². The van der Waals surface area contributed by atoms with Crippen LogP contribution in [0.15, 0.2) is 35.4 Å². The number of carbonyl (C=O) groups excluding carboxylic acids is 1. The van der Waals surface area contributed by atoms with E-state index in [1.54, 1.807) is 11.5 Å². The van der Waals surface area contributed by atoms with Gasteiger partial charge in [-0.1, -0.05) is 26.0 Å². The van der Waals surface area contributed by atoms with E-state index in [4.69, 9.17) is 0 Å². The second-order valence-corrected chi connectivity index (χ2v) is 7.30. The van der Waals surface area contributed by atoms with Crippen LogP contribution in [0, 0.1) is 6.92 Å². The van der Waals surface area contributed by atoms with E-state index in [1.165, 1.54) is 23.2 Å². The van der Waals surface area contributed by atoms with E-state index in [0.29, 0.717) is 33.1 Å². The van der Waals surface area contributed by atoms with Gasteiger partial charge in [-0.2, -0.15) is 0 Å². The Labute approximate surface area is 150 Å². The zero-order valence-corrected chi connectivity index (χ0v) is 15.6. The number of nitrogens with zero attached hydrogens (tertiary/aromatic N) is 2. The number of benzene rings is 1. The fourth-order valence-electron chi connectivity index (χ4n) is 2.74. The normalized spacial score (nSPS) is 11.2. The predicted octanol–water partition coefficient (Wildman–Crippen LogP) is 4.16. The lowest BCUT2D eigenvalue weighted by Crippen LogP contribution is -2.19. The Morgan fingerprint density at radius 2 is 1.96 bits per heavy atom. The maximum atomic E-state index is 12.7. The molecule has 0 bridgehead atoms. The van der Waals surface area contributed by atoms with Gasteiger partial charge >= 0.3 is 0 Å². The number of thiophene rings is 1. The summed E-state index contributed by atoms with van der Waals surface area (Å²) in [6.45, 7) is 8.51. The molecule has 3 aromatic rings. The first-order valence-electron chi connectivity index (χ1n) is 8.32. The standard InChI is InChI=1S/C19H21N3O2S/c1-5-22-10-20-18-15(19(22)24)12(4)16(25-18)17(23)21-14-8-6-13(7-9-14)11(2)3/h6-11H,5H2,1-4H3,(H,21,23). The van der Waals surface area contributed by atoms with Crippen LogP contribution in [0.1, 0.15) is 47.5 Å². The lowest BCUT2D eigenvalue weighted by molar-refractivity contribution is 0.103. The Balaban J connectivity index is 1.93. The van der Waals surface area contributed by atoms with Gasteiger partial charge in [0.25, 0.3) is 11.5 Å². The summed E-state index contributed by atoms with van der Waals surface area (Å²) in [5, 5.41) is 3.45. The molecule has 3 rings (SSSR count). The van der Waals surface area contributed by atoms with Gasteiger partial charge in [0.1, 0.15) is 4.83 Å². The fourth-order valence-corrected chi connectivity index (χ4v) is 3.77. The van der Waals surface area contributed by atoms with Crippen molar-refractivity contribution in [3.8, 4) is 0 Å². The SMILES string of the molecule is CCn1cnc2sc(C(=O)Nc3ccc(C(C)C)cc3)c(C)c2c1=O. The highest BCUT2D eigenvalue weighted by atomic mass is 32.1. The summed E-state index contributed by atoms with van der Waals surface area (Å²) >= 11 is 1.26. The molecule has 0 spiro atoms. The summed E-state index contributed by atoms with van der Waals surface area (Å²) < 4.78 is 1.55. The number of aromatic nitrogens is 2. The molecule has 0 fully saturated rings. The Bertz CT molecular complexity index is 984. The van der Waals surface area contributed by atoms with Crippen LogP contribution >= 0.6 is 11.3 Å². The molecule has 0 saturated carbocycles. The minimum Gasteiger partial charge on any atom is -0.321 e. The number of hydrogen-bond donors (Lipinski definition) is 1. The zero-order valence-electron chi connectivity index (χ0n) is 14.8. The lowest BCUT2D eigenvalue weighted by Gasteiger charge is -2.08. The molecule has 2 heterocycles. The minimum absolute atomic E-state index is 0.0958. The van der Waals surface area contributed by atoms with Crippen LogP contribution in [0.3, 0.4) is 0 Å². The van der Waals surface area contributed by atoms with Crippen molar-refractivity contribution in [1.29, 1.82) is 0 Å². The molecular weight excluding hydrogens is 334 g/mol. The van der Waals surface area contributed by atoms with Gasteiger partial charge in [0.2, 0.25) is 0 Å². The van der Waals surface area contributed by atoms with Crippen molar-refractivity contribution in [1.82, 2.24) is 9.55 Å². The number of amides is 1. The maximum Gasteiger partial charge on any atom is 0.266 e. The summed E-state index contributed by atoms with van der Waals surface area (Å²) in [5.41, 5.74) is 2.56. The molecule has 1 aromatic carbocycles. The van der Waals surface area contributed by atoms with Gasteiger partial charge in [0, 0.05) is 12.2 Å². The highest BCUT2D eigenvalue weighted by Gasteiger charge is 2.19. The molecule has 0 radical (unpaired) electrons. The maximum absolute atomic E-state index is 12.7. The lowest BCUT2D eigenvalue weighted by atomic mass is 10.0. The van der Waals surface area contributed by atoms with Gasteiger partial charge in [-0.15, -0.1) is 11.3 Å². The molecule has 0 atom stereocenters. The number of anilines is 1. The fraction of sp³-hybridized carbons (Fsp3) is 0.316. The number of aryl methyl sites for hydroxylation is 2. The van der Waals surface area contributed by atoms with Crippen molar-refractivity contribution in [2.24, 2.45) is 0 Å². The number of rotatable bonds is 4. The second kappa shape index (κ2) is 6.80. The first-order valence-corrected chi connectivity index (χ1v) is 9.13. The smallest absolute Gasteiger partial charge is 0.266 e. The molecule has 0 aliphatic carbocycles. The van der Waals surface area contributed by atoms with Crippen LogP contribution < -0.4 is 10.9 Å². The Hall–Kier alpha value is -2.47. The van der Waals surface area contributed by atoms with E-state index < -0.39 is 0 Å². The van der Waals surface area contributed by atoms with Gasteiger partial charge in [0.05, 0.1) is 16.6 Å². The number of hydrogen-bond acceptors (Lipinski definition) is 4. The van der Waals surface area contributed by atoms with Gasteiger partial charge in [0.15, 0.2) is 0 Å². The quantitative estimate of drug-likeness (QED) is 0.764. The van der Waals surface area contributed by atoms with Crippen LogP contribution in [-0.2, 0) is 6.54 Å². The van der Waals surface area contributed by atoms with Crippen LogP contribution in [-0.4, -0.2) is 15.5 Å². The Morgan fingerprint density at radius 1 is 1.28 bits per heavy atom. The highest BCUT2D eigenvalue weighted by molar-refractivity contribution is 7.20. The summed E-state index contributed by atoms with van der Waals surface area (Å²) in [5.74, 6) is 0.238. The van der Waals surface area contributed by atoms with Crippen molar-refractivity contribution in [3.63, 3.8) is 0 Å². The molecule has 1 amide bonds. The molecule has 0 saturated heterocycles. The summed E-state index contributed by atoms with van der Waals surface area (Å²) in [6, 6.07) is 7.83. The molecule has 1 N–H and O–H groups in total. The molecule has 5 nitrogen and oxygen atoms in total. The van der Waals surface area contributed by atoms with Gasteiger partial charge in [-0.3, -0.25) is 14.2 Å². The van der Waals surface area contributed by atoms with Crippen molar-refractivity contribution < 1.29 is 4.79 Å². The summed E-state index contributed by atoms with van der Waals surface area (Å²) in [6.07, 6.45) is 1.53. The van der Waals surface area contributed by atoms with Gasteiger partial charge in [-0.05, 0) is 43.0 Å². The highest BCUT2D eigenvalue weighted by Crippen LogP contribution is 2.28. The summed E-state index contributed by atoms with van der Waals surface area (Å²) in [7, 11) is 0. The van der Waals surface area contributed by atoms with E-state index in [9.17, 15) is 9.59 Å². The predicted molar refractivity (Wildman–Crippen MR) is 103 cm³/mol. The largest absolute Gasteiger partial charge is 0.321 e. The Morgan fingerprint density at radius 3 is 2.56 bits per heavy atom. The molecule has 0 unspecified atom stereocenters. The third-order valence-corrected chi connectivity index (χ3v) is 5.50. The third-order valence-electron chi connectivity index (χ3n) is 4.30. The van der Waals surface area contributed by atoms with E-state index >= 15 is 0 Å². The average molecular weight is 355 g/mol. The number of fused-ring (bicyclic) bond motifs is 1.